The number of nitrogens with zero attached hydrogens (tertiary/aromatic N) is 3. The van der Waals surface area contributed by atoms with Crippen molar-refractivity contribution in [1.29, 1.82) is 0 Å². The summed E-state index contributed by atoms with van der Waals surface area (Å²) in [5.74, 6) is -0.137. The van der Waals surface area contributed by atoms with Crippen molar-refractivity contribution in [2.45, 2.75) is 13.5 Å². The first-order chi connectivity index (χ1) is 12.7. The minimum atomic E-state index is -0.137. The number of hydrogen-bond donors (Lipinski definition) is 1. The largest absolute Gasteiger partial charge is 0.346 e. The Morgan fingerprint density at radius 2 is 2.04 bits per heavy atom. The molecule has 0 saturated heterocycles. The number of aryl methyl sites for hydroxylation is 1. The number of para-hydroxylation sites is 1. The van der Waals surface area contributed by atoms with Crippen LogP contribution >= 0.6 is 11.3 Å². The molecule has 1 amide bonds. The fraction of sp³-hybridized carbons (Fsp3) is 0.100. The van der Waals surface area contributed by atoms with Crippen molar-refractivity contribution in [2.75, 3.05) is 0 Å². The molecule has 5 nitrogen and oxygen atoms in total. The van der Waals surface area contributed by atoms with E-state index in [-0.39, 0.29) is 5.91 Å². The molecule has 0 aliphatic carbocycles. The number of carbonyl (C=O) groups is 1. The maximum Gasteiger partial charge on any atom is 0.252 e. The van der Waals surface area contributed by atoms with Crippen molar-refractivity contribution in [3.05, 3.63) is 76.5 Å². The summed E-state index contributed by atoms with van der Waals surface area (Å²) in [4.78, 5) is 26.1. The van der Waals surface area contributed by atoms with Gasteiger partial charge in [0.25, 0.3) is 5.91 Å². The Balaban J connectivity index is 1.71. The standard InChI is InChI=1S/C20H16N4OS/c1-13-12-26-19(23-13)11-22-20(25)16-9-18(14-5-4-8-21-10-14)24-17-7-3-2-6-15(16)17/h2-10,12H,11H2,1H3,(H,22,25). The highest BCUT2D eigenvalue weighted by Gasteiger charge is 2.14. The number of fused-ring (bicyclic) bond motifs is 1. The van der Waals surface area contributed by atoms with Gasteiger partial charge in [-0.1, -0.05) is 18.2 Å². The van der Waals surface area contributed by atoms with Crippen LogP contribution in [0.4, 0.5) is 0 Å². The van der Waals surface area contributed by atoms with Gasteiger partial charge in [0.1, 0.15) is 5.01 Å². The van der Waals surface area contributed by atoms with Crippen LogP contribution in [-0.4, -0.2) is 20.9 Å². The van der Waals surface area contributed by atoms with Gasteiger partial charge in [-0.25, -0.2) is 9.97 Å². The third-order valence-electron chi connectivity index (χ3n) is 3.98. The molecule has 0 spiro atoms. The number of benzene rings is 1. The molecule has 26 heavy (non-hydrogen) atoms. The summed E-state index contributed by atoms with van der Waals surface area (Å²) in [7, 11) is 0. The Morgan fingerprint density at radius 1 is 1.15 bits per heavy atom. The van der Waals surface area contributed by atoms with E-state index in [0.29, 0.717) is 12.1 Å². The number of rotatable bonds is 4. The highest BCUT2D eigenvalue weighted by Crippen LogP contribution is 2.24. The fourth-order valence-corrected chi connectivity index (χ4v) is 3.47. The minimum Gasteiger partial charge on any atom is -0.346 e. The number of carbonyl (C=O) groups excluding carboxylic acids is 1. The van der Waals surface area contributed by atoms with Gasteiger partial charge < -0.3 is 5.32 Å². The first-order valence-electron chi connectivity index (χ1n) is 8.20. The van der Waals surface area contributed by atoms with Crippen molar-refractivity contribution in [3.63, 3.8) is 0 Å². The molecule has 4 rings (SSSR count). The first-order valence-corrected chi connectivity index (χ1v) is 9.08. The van der Waals surface area contributed by atoms with Gasteiger partial charge in [-0.2, -0.15) is 0 Å². The molecule has 0 unspecified atom stereocenters. The van der Waals surface area contributed by atoms with E-state index in [0.717, 1.165) is 32.9 Å². The van der Waals surface area contributed by atoms with Gasteiger partial charge in [-0.15, -0.1) is 11.3 Å². The van der Waals surface area contributed by atoms with E-state index in [1.165, 1.54) is 0 Å². The van der Waals surface area contributed by atoms with Crippen molar-refractivity contribution < 1.29 is 4.79 Å². The zero-order valence-electron chi connectivity index (χ0n) is 14.1. The van der Waals surface area contributed by atoms with E-state index in [2.05, 4.69) is 20.3 Å². The Labute approximate surface area is 154 Å². The first kappa shape index (κ1) is 16.4. The van der Waals surface area contributed by atoms with E-state index in [9.17, 15) is 4.79 Å². The van der Waals surface area contributed by atoms with Crippen LogP contribution in [-0.2, 0) is 6.54 Å². The van der Waals surface area contributed by atoms with Gasteiger partial charge in [0, 0.05) is 34.4 Å². The van der Waals surface area contributed by atoms with Crippen LogP contribution < -0.4 is 5.32 Å². The second-order valence-electron chi connectivity index (χ2n) is 5.88. The van der Waals surface area contributed by atoms with E-state index in [1.807, 2.05) is 54.8 Å². The van der Waals surface area contributed by atoms with Crippen molar-refractivity contribution in [3.8, 4) is 11.3 Å². The third kappa shape index (κ3) is 3.32. The molecule has 0 radical (unpaired) electrons. The van der Waals surface area contributed by atoms with Crippen molar-refractivity contribution in [2.24, 2.45) is 0 Å². The Morgan fingerprint density at radius 3 is 2.81 bits per heavy atom. The van der Waals surface area contributed by atoms with Gasteiger partial charge in [0.15, 0.2) is 0 Å². The highest BCUT2D eigenvalue weighted by atomic mass is 32.1. The Bertz CT molecular complexity index is 1080. The summed E-state index contributed by atoms with van der Waals surface area (Å²) in [6.07, 6.45) is 3.46. The molecule has 3 heterocycles. The number of hydrogen-bond acceptors (Lipinski definition) is 5. The molecule has 3 aromatic heterocycles. The Hall–Kier alpha value is -3.12. The summed E-state index contributed by atoms with van der Waals surface area (Å²) in [6.45, 7) is 2.36. The average molecular weight is 360 g/mol. The molecule has 6 heteroatoms. The quantitative estimate of drug-likeness (QED) is 0.597. The highest BCUT2D eigenvalue weighted by molar-refractivity contribution is 7.09. The molecule has 0 aliphatic rings. The van der Waals surface area contributed by atoms with E-state index in [4.69, 9.17) is 0 Å². The van der Waals surface area contributed by atoms with Crippen molar-refractivity contribution in [1.82, 2.24) is 20.3 Å². The van der Waals surface area contributed by atoms with Crippen LogP contribution in [0.2, 0.25) is 0 Å². The zero-order chi connectivity index (χ0) is 17.9. The van der Waals surface area contributed by atoms with E-state index in [1.54, 1.807) is 23.7 Å². The molecular formula is C20H16N4OS. The lowest BCUT2D eigenvalue weighted by molar-refractivity contribution is 0.0952. The van der Waals surface area contributed by atoms with Crippen LogP contribution in [0.25, 0.3) is 22.2 Å². The summed E-state index contributed by atoms with van der Waals surface area (Å²) in [5, 5.41) is 6.66. The lowest BCUT2D eigenvalue weighted by atomic mass is 10.0. The smallest absolute Gasteiger partial charge is 0.252 e. The predicted molar refractivity (Wildman–Crippen MR) is 103 cm³/mol. The summed E-state index contributed by atoms with van der Waals surface area (Å²) in [6, 6.07) is 13.3. The van der Waals surface area contributed by atoms with Gasteiger partial charge >= 0.3 is 0 Å². The molecule has 0 atom stereocenters. The van der Waals surface area contributed by atoms with Gasteiger partial charge in [0.05, 0.1) is 23.3 Å². The monoisotopic (exact) mass is 360 g/mol. The number of thiazole rings is 1. The molecule has 0 bridgehead atoms. The molecule has 128 valence electrons. The number of pyridine rings is 2. The molecular weight excluding hydrogens is 344 g/mol. The molecule has 4 aromatic rings. The molecule has 0 saturated carbocycles. The molecule has 0 fully saturated rings. The predicted octanol–water partition coefficient (Wildman–Crippen LogP) is 3.99. The van der Waals surface area contributed by atoms with Crippen LogP contribution in [0.15, 0.2) is 60.2 Å². The maximum absolute atomic E-state index is 12.8. The van der Waals surface area contributed by atoms with Gasteiger partial charge in [0.2, 0.25) is 0 Å². The molecule has 0 aliphatic heterocycles. The topological polar surface area (TPSA) is 67.8 Å². The van der Waals surface area contributed by atoms with E-state index < -0.39 is 0 Å². The summed E-state index contributed by atoms with van der Waals surface area (Å²) in [5.41, 5.74) is 3.95. The number of nitrogens with one attached hydrogen (secondary N) is 1. The second-order valence-corrected chi connectivity index (χ2v) is 6.82. The summed E-state index contributed by atoms with van der Waals surface area (Å²) < 4.78 is 0. The van der Waals surface area contributed by atoms with Crippen LogP contribution in [0.1, 0.15) is 21.1 Å². The van der Waals surface area contributed by atoms with Crippen LogP contribution in [0.5, 0.6) is 0 Å². The van der Waals surface area contributed by atoms with Gasteiger partial charge in [-0.05, 0) is 31.2 Å². The second kappa shape index (κ2) is 7.01. The number of amides is 1. The van der Waals surface area contributed by atoms with Crippen LogP contribution in [0, 0.1) is 6.92 Å². The SMILES string of the molecule is Cc1csc(CNC(=O)c2cc(-c3cccnc3)nc3ccccc23)n1. The average Bonchev–Trinajstić information content (AvgIpc) is 3.11. The minimum absolute atomic E-state index is 0.137. The lowest BCUT2D eigenvalue weighted by Crippen LogP contribution is -2.23. The van der Waals surface area contributed by atoms with Crippen molar-refractivity contribution >= 4 is 28.1 Å². The maximum atomic E-state index is 12.8. The lowest BCUT2D eigenvalue weighted by Gasteiger charge is -2.10. The molecule has 1 N–H and O–H groups in total. The fourth-order valence-electron chi connectivity index (χ4n) is 2.76. The van der Waals surface area contributed by atoms with E-state index >= 15 is 0 Å². The van der Waals surface area contributed by atoms with Crippen LogP contribution in [0.3, 0.4) is 0 Å². The Kier molecular flexibility index (Phi) is 4.41. The summed E-state index contributed by atoms with van der Waals surface area (Å²) >= 11 is 1.54. The zero-order valence-corrected chi connectivity index (χ0v) is 15.0. The third-order valence-corrected chi connectivity index (χ3v) is 4.95. The van der Waals surface area contributed by atoms with Gasteiger partial charge in [-0.3, -0.25) is 9.78 Å². The normalized spacial score (nSPS) is 10.8. The molecule has 1 aromatic carbocycles. The number of aromatic nitrogens is 3.